The van der Waals surface area contributed by atoms with Crippen LogP contribution in [0.3, 0.4) is 0 Å². The molecular formula is C10H17ClO. The van der Waals surface area contributed by atoms with E-state index in [-0.39, 0.29) is 11.3 Å². The highest BCUT2D eigenvalue weighted by Gasteiger charge is 2.49. The summed E-state index contributed by atoms with van der Waals surface area (Å²) in [5.74, 6) is 2.00. The maximum Gasteiger partial charge on any atom is 0.133 e. The second-order valence-corrected chi connectivity index (χ2v) is 4.77. The molecule has 1 aliphatic carbocycles. The second-order valence-electron chi connectivity index (χ2n) is 4.39. The molecule has 1 fully saturated rings. The smallest absolute Gasteiger partial charge is 0.133 e. The molecule has 0 aliphatic heterocycles. The third-order valence-corrected chi connectivity index (χ3v) is 3.64. The zero-order valence-electron chi connectivity index (χ0n) is 8.06. The number of Topliss-reactive ketones (excluding diaryl/α,β-unsaturated/α-hetero) is 1. The topological polar surface area (TPSA) is 17.1 Å². The van der Waals surface area contributed by atoms with Gasteiger partial charge in [-0.25, -0.2) is 0 Å². The van der Waals surface area contributed by atoms with E-state index in [9.17, 15) is 4.79 Å². The van der Waals surface area contributed by atoms with Crippen LogP contribution in [0.2, 0.25) is 0 Å². The first-order chi connectivity index (χ1) is 5.50. The molecule has 1 rings (SSSR count). The van der Waals surface area contributed by atoms with E-state index in [2.05, 4.69) is 13.8 Å². The van der Waals surface area contributed by atoms with Crippen LogP contribution in [-0.2, 0) is 4.79 Å². The molecule has 2 atom stereocenters. The van der Waals surface area contributed by atoms with Crippen molar-refractivity contribution in [1.29, 1.82) is 0 Å². The number of hydrogen-bond acceptors (Lipinski definition) is 1. The Kier molecular flexibility index (Phi) is 2.82. The van der Waals surface area contributed by atoms with Crippen LogP contribution in [0.1, 0.15) is 33.6 Å². The molecule has 0 aromatic carbocycles. The first-order valence-corrected chi connectivity index (χ1v) is 5.10. The van der Waals surface area contributed by atoms with Gasteiger partial charge in [-0.05, 0) is 31.1 Å². The summed E-state index contributed by atoms with van der Waals surface area (Å²) in [4.78, 5) is 11.2. The first-order valence-electron chi connectivity index (χ1n) is 4.56. The molecule has 0 saturated heterocycles. The minimum Gasteiger partial charge on any atom is -0.300 e. The number of alkyl halides is 1. The van der Waals surface area contributed by atoms with E-state index in [0.29, 0.717) is 11.7 Å². The Labute approximate surface area is 79.5 Å². The van der Waals surface area contributed by atoms with Crippen LogP contribution < -0.4 is 0 Å². The van der Waals surface area contributed by atoms with Crippen molar-refractivity contribution in [3.63, 3.8) is 0 Å². The van der Waals surface area contributed by atoms with Crippen molar-refractivity contribution >= 4 is 17.4 Å². The van der Waals surface area contributed by atoms with Gasteiger partial charge in [-0.3, -0.25) is 4.79 Å². The van der Waals surface area contributed by atoms with Crippen LogP contribution in [0.4, 0.5) is 0 Å². The molecule has 0 aromatic rings. The van der Waals surface area contributed by atoms with Crippen LogP contribution >= 0.6 is 11.6 Å². The molecule has 0 N–H and O–H groups in total. The zero-order valence-corrected chi connectivity index (χ0v) is 8.82. The average Bonchev–Trinajstić information content (AvgIpc) is 1.96. The molecule has 0 bridgehead atoms. The third kappa shape index (κ3) is 1.52. The van der Waals surface area contributed by atoms with Crippen molar-refractivity contribution in [3.05, 3.63) is 0 Å². The van der Waals surface area contributed by atoms with E-state index in [4.69, 9.17) is 11.6 Å². The Balaban J connectivity index is 2.53. The van der Waals surface area contributed by atoms with Crippen molar-refractivity contribution in [3.8, 4) is 0 Å². The Morgan fingerprint density at radius 3 is 2.50 bits per heavy atom. The molecule has 0 aromatic heterocycles. The molecule has 1 aliphatic rings. The van der Waals surface area contributed by atoms with Crippen LogP contribution in [0.15, 0.2) is 0 Å². The van der Waals surface area contributed by atoms with Crippen LogP contribution in [-0.4, -0.2) is 11.7 Å². The fourth-order valence-corrected chi connectivity index (χ4v) is 2.59. The average molecular weight is 189 g/mol. The lowest BCUT2D eigenvalue weighted by Gasteiger charge is -2.51. The van der Waals surface area contributed by atoms with Gasteiger partial charge >= 0.3 is 0 Å². The van der Waals surface area contributed by atoms with Gasteiger partial charge in [-0.1, -0.05) is 13.8 Å². The number of rotatable bonds is 3. The molecule has 2 unspecified atom stereocenters. The number of carbonyl (C=O) groups excluding carboxylic acids is 1. The summed E-state index contributed by atoms with van der Waals surface area (Å²) < 4.78 is 0. The molecule has 2 heteroatoms. The Morgan fingerprint density at radius 1 is 1.58 bits per heavy atom. The van der Waals surface area contributed by atoms with E-state index >= 15 is 0 Å². The Bertz CT molecular complexity index is 186. The van der Waals surface area contributed by atoms with Gasteiger partial charge in [0.2, 0.25) is 0 Å². The SMILES string of the molecule is CC(=O)C1CC(CCCl)C1(C)C. The van der Waals surface area contributed by atoms with Crippen molar-refractivity contribution in [2.24, 2.45) is 17.3 Å². The summed E-state index contributed by atoms with van der Waals surface area (Å²) in [6, 6.07) is 0. The molecule has 70 valence electrons. The second kappa shape index (κ2) is 3.37. The monoisotopic (exact) mass is 188 g/mol. The molecule has 0 radical (unpaired) electrons. The molecule has 0 heterocycles. The predicted octanol–water partition coefficient (Wildman–Crippen LogP) is 2.87. The van der Waals surface area contributed by atoms with Gasteiger partial charge in [0.15, 0.2) is 0 Å². The summed E-state index contributed by atoms with van der Waals surface area (Å²) >= 11 is 5.68. The minimum absolute atomic E-state index is 0.195. The zero-order chi connectivity index (χ0) is 9.35. The molecular weight excluding hydrogens is 172 g/mol. The summed E-state index contributed by atoms with van der Waals surface area (Å²) in [5, 5.41) is 0. The summed E-state index contributed by atoms with van der Waals surface area (Å²) in [7, 11) is 0. The van der Waals surface area contributed by atoms with Gasteiger partial charge in [-0.2, -0.15) is 0 Å². The first kappa shape index (κ1) is 10.0. The maximum absolute atomic E-state index is 11.2. The van der Waals surface area contributed by atoms with Gasteiger partial charge in [0.25, 0.3) is 0 Å². The molecule has 1 nitrogen and oxygen atoms in total. The van der Waals surface area contributed by atoms with Crippen LogP contribution in [0.5, 0.6) is 0 Å². The van der Waals surface area contributed by atoms with Gasteiger partial charge < -0.3 is 0 Å². The summed E-state index contributed by atoms with van der Waals surface area (Å²) in [6.45, 7) is 6.06. The van der Waals surface area contributed by atoms with Gasteiger partial charge in [0.05, 0.1) is 0 Å². The summed E-state index contributed by atoms with van der Waals surface area (Å²) in [6.07, 6.45) is 2.10. The normalized spacial score (nSPS) is 32.7. The maximum atomic E-state index is 11.2. The van der Waals surface area contributed by atoms with E-state index in [0.717, 1.165) is 18.7 Å². The standard InChI is InChI=1S/C10H17ClO/c1-7(12)9-6-8(4-5-11)10(9,2)3/h8-9H,4-6H2,1-3H3. The van der Waals surface area contributed by atoms with E-state index in [1.54, 1.807) is 6.92 Å². The highest BCUT2D eigenvalue weighted by molar-refractivity contribution is 6.17. The van der Waals surface area contributed by atoms with E-state index in [1.165, 1.54) is 0 Å². The third-order valence-electron chi connectivity index (χ3n) is 3.42. The Morgan fingerprint density at radius 2 is 2.17 bits per heavy atom. The molecule has 1 saturated carbocycles. The van der Waals surface area contributed by atoms with Gasteiger partial charge in [-0.15, -0.1) is 11.6 Å². The number of hydrogen-bond donors (Lipinski definition) is 0. The lowest BCUT2D eigenvalue weighted by Crippen LogP contribution is -2.48. The van der Waals surface area contributed by atoms with Crippen LogP contribution in [0.25, 0.3) is 0 Å². The van der Waals surface area contributed by atoms with Crippen LogP contribution in [0, 0.1) is 17.3 Å². The van der Waals surface area contributed by atoms with Crippen molar-refractivity contribution in [2.75, 3.05) is 5.88 Å². The fraction of sp³-hybridized carbons (Fsp3) is 0.900. The number of carbonyl (C=O) groups is 1. The highest BCUT2D eigenvalue weighted by Crippen LogP contribution is 2.53. The summed E-state index contributed by atoms with van der Waals surface area (Å²) in [5.41, 5.74) is 0.195. The van der Waals surface area contributed by atoms with E-state index < -0.39 is 0 Å². The molecule has 0 amide bonds. The van der Waals surface area contributed by atoms with E-state index in [1.807, 2.05) is 0 Å². The Hall–Kier alpha value is -0.0400. The largest absolute Gasteiger partial charge is 0.300 e. The molecule has 0 spiro atoms. The minimum atomic E-state index is 0.195. The predicted molar refractivity (Wildman–Crippen MR) is 51.4 cm³/mol. The lowest BCUT2D eigenvalue weighted by molar-refractivity contribution is -0.136. The molecule has 12 heavy (non-hydrogen) atoms. The quantitative estimate of drug-likeness (QED) is 0.623. The van der Waals surface area contributed by atoms with Gasteiger partial charge in [0.1, 0.15) is 5.78 Å². The van der Waals surface area contributed by atoms with Gasteiger partial charge in [0, 0.05) is 11.8 Å². The van der Waals surface area contributed by atoms with Crippen molar-refractivity contribution in [1.82, 2.24) is 0 Å². The van der Waals surface area contributed by atoms with Crippen molar-refractivity contribution in [2.45, 2.75) is 33.6 Å². The van der Waals surface area contributed by atoms with Crippen molar-refractivity contribution < 1.29 is 4.79 Å². The number of halogens is 1. The lowest BCUT2D eigenvalue weighted by atomic mass is 9.53. The highest BCUT2D eigenvalue weighted by atomic mass is 35.5. The number of ketones is 1. The fourth-order valence-electron chi connectivity index (χ4n) is 2.33.